The maximum absolute atomic E-state index is 14.0. The van der Waals surface area contributed by atoms with Crippen LogP contribution in [0.3, 0.4) is 0 Å². The zero-order valence-electron chi connectivity index (χ0n) is 36.6. The Hall–Kier alpha value is -6.51. The van der Waals surface area contributed by atoms with Crippen molar-refractivity contribution in [3.8, 4) is 23.0 Å². The summed E-state index contributed by atoms with van der Waals surface area (Å²) in [6.45, 7) is 2.64. The van der Waals surface area contributed by atoms with Gasteiger partial charge in [0, 0.05) is 31.8 Å². The first kappa shape index (κ1) is 47.0. The average Bonchev–Trinajstić information content (AvgIpc) is 3.80. The van der Waals surface area contributed by atoms with E-state index in [0.29, 0.717) is 56.1 Å². The largest absolute Gasteiger partial charge is 0.514 e. The topological polar surface area (TPSA) is 193 Å². The first-order valence-corrected chi connectivity index (χ1v) is 22.1. The Balaban J connectivity index is 1.07. The van der Waals surface area contributed by atoms with E-state index < -0.39 is 35.8 Å². The molecular weight excluding hydrogens is 872 g/mol. The number of amides is 1. The van der Waals surface area contributed by atoms with Gasteiger partial charge in [0.25, 0.3) is 0 Å². The number of ether oxygens (including phenoxy) is 6. The van der Waals surface area contributed by atoms with Crippen LogP contribution in [0.4, 0.5) is 25.4 Å². The van der Waals surface area contributed by atoms with Crippen molar-refractivity contribution >= 4 is 23.6 Å². The van der Waals surface area contributed by atoms with Gasteiger partial charge in [-0.3, -0.25) is 10.4 Å². The van der Waals surface area contributed by atoms with Crippen LogP contribution in [0.1, 0.15) is 41.0 Å². The van der Waals surface area contributed by atoms with Crippen molar-refractivity contribution in [1.29, 1.82) is 0 Å². The molecule has 8 rings (SSSR count). The molecule has 3 heterocycles. The molecular formula is C49H53FN4O13. The molecule has 4 atom stereocenters. The number of anilines is 2. The van der Waals surface area contributed by atoms with Crippen molar-refractivity contribution in [1.82, 2.24) is 10.3 Å². The molecule has 17 nitrogen and oxygen atoms in total. The molecule has 4 N–H and O–H groups in total. The summed E-state index contributed by atoms with van der Waals surface area (Å²) in [4.78, 5) is 38.1. The second kappa shape index (κ2) is 22.3. The fourth-order valence-corrected chi connectivity index (χ4v) is 8.57. The van der Waals surface area contributed by atoms with Gasteiger partial charge in [-0.1, -0.05) is 48.5 Å². The third-order valence-corrected chi connectivity index (χ3v) is 11.8. The van der Waals surface area contributed by atoms with E-state index in [-0.39, 0.29) is 62.9 Å². The lowest BCUT2D eigenvalue weighted by atomic mass is 9.84. The van der Waals surface area contributed by atoms with E-state index in [1.54, 1.807) is 42.5 Å². The number of carbonyl (C=O) groups is 2. The van der Waals surface area contributed by atoms with Crippen LogP contribution in [0.25, 0.3) is 0 Å². The quantitative estimate of drug-likeness (QED) is 0.0430. The summed E-state index contributed by atoms with van der Waals surface area (Å²) < 4.78 is 50.7. The summed E-state index contributed by atoms with van der Waals surface area (Å²) in [5.74, 6) is 0.649. The first-order valence-electron chi connectivity index (χ1n) is 22.1. The predicted molar refractivity (Wildman–Crippen MR) is 239 cm³/mol. The van der Waals surface area contributed by atoms with Crippen LogP contribution < -0.4 is 28.7 Å². The number of halogens is 1. The highest BCUT2D eigenvalue weighted by atomic mass is 19.1. The van der Waals surface area contributed by atoms with E-state index in [1.807, 2.05) is 48.5 Å². The van der Waals surface area contributed by atoms with Crippen LogP contribution in [-0.2, 0) is 34.1 Å². The van der Waals surface area contributed by atoms with Crippen LogP contribution in [0, 0.1) is 5.82 Å². The van der Waals surface area contributed by atoms with Gasteiger partial charge in [0.05, 0.1) is 69.1 Å². The number of aliphatic hydroxyl groups excluding tert-OH is 2. The zero-order chi connectivity index (χ0) is 46.7. The van der Waals surface area contributed by atoms with Crippen molar-refractivity contribution in [3.63, 3.8) is 0 Å². The van der Waals surface area contributed by atoms with E-state index in [9.17, 15) is 24.2 Å². The van der Waals surface area contributed by atoms with Gasteiger partial charge in [-0.05, 0) is 95.4 Å². The van der Waals surface area contributed by atoms with Gasteiger partial charge in [-0.15, -0.1) is 0 Å². The van der Waals surface area contributed by atoms with Gasteiger partial charge in [-0.25, -0.2) is 18.8 Å². The standard InChI is InChI=1S/C49H53FN4O13/c50-37-7-3-8-38(26-37)52-19-17-42(27-52)64-39-14-12-36(13-15-39)47-45(62-31-35-11-16-44-43(25-35)51(18-4-21-55)20-22-61-44)28-53(48(57)65-40-9-1-5-33(23-40)30-56)29-46(47)67-49(58)66-41-10-2-6-34(24-41)32-63-54(59)60/h1-3,5-16,23-26,42,45-47,55-56,59-60H,4,17-22,27-32H2. The van der Waals surface area contributed by atoms with Gasteiger partial charge in [-0.2, -0.15) is 0 Å². The summed E-state index contributed by atoms with van der Waals surface area (Å²) in [6.07, 6.45) is -2.49. The molecule has 3 aliphatic heterocycles. The van der Waals surface area contributed by atoms with E-state index in [1.165, 1.54) is 29.2 Å². The van der Waals surface area contributed by atoms with Crippen LogP contribution in [0.15, 0.2) is 115 Å². The molecule has 2 fully saturated rings. The molecule has 5 aromatic carbocycles. The van der Waals surface area contributed by atoms with Crippen molar-refractivity contribution in [2.45, 2.75) is 56.9 Å². The third kappa shape index (κ3) is 12.5. The maximum atomic E-state index is 14.0. The number of likely N-dealkylation sites (tertiary alicyclic amines) is 1. The molecule has 67 heavy (non-hydrogen) atoms. The summed E-state index contributed by atoms with van der Waals surface area (Å²) >= 11 is 0. The molecule has 0 bridgehead atoms. The fraction of sp³-hybridized carbons (Fsp3) is 0.347. The Kier molecular flexibility index (Phi) is 15.7. The average molecular weight is 925 g/mol. The van der Waals surface area contributed by atoms with E-state index in [4.69, 9.17) is 43.7 Å². The lowest BCUT2D eigenvalue weighted by molar-refractivity contribution is -0.497. The fourth-order valence-electron chi connectivity index (χ4n) is 8.57. The normalized spacial score (nSPS) is 19.2. The van der Waals surface area contributed by atoms with Crippen LogP contribution in [-0.4, -0.2) is 114 Å². The van der Waals surface area contributed by atoms with Gasteiger partial charge >= 0.3 is 12.2 Å². The summed E-state index contributed by atoms with van der Waals surface area (Å²) in [5.41, 5.74) is 4.19. The molecule has 0 aliphatic carbocycles. The van der Waals surface area contributed by atoms with Crippen LogP contribution >= 0.6 is 0 Å². The summed E-state index contributed by atoms with van der Waals surface area (Å²) in [5, 5.41) is 36.9. The molecule has 0 aromatic heterocycles. The zero-order valence-corrected chi connectivity index (χ0v) is 36.6. The van der Waals surface area contributed by atoms with E-state index in [0.717, 1.165) is 34.7 Å². The van der Waals surface area contributed by atoms with Crippen LogP contribution in [0.2, 0.25) is 0 Å². The summed E-state index contributed by atoms with van der Waals surface area (Å²) in [6, 6.07) is 32.4. The number of rotatable bonds is 17. The van der Waals surface area contributed by atoms with Crippen molar-refractivity contribution in [2.75, 3.05) is 62.3 Å². The first-order chi connectivity index (χ1) is 32.6. The van der Waals surface area contributed by atoms with Crippen molar-refractivity contribution < 1.29 is 67.9 Å². The van der Waals surface area contributed by atoms with Gasteiger partial charge in [0.15, 0.2) is 0 Å². The minimum Gasteiger partial charge on any atom is -0.490 e. The summed E-state index contributed by atoms with van der Waals surface area (Å²) in [7, 11) is 0. The van der Waals surface area contributed by atoms with Crippen molar-refractivity contribution in [2.24, 2.45) is 0 Å². The highest BCUT2D eigenvalue weighted by Crippen LogP contribution is 2.37. The molecule has 18 heteroatoms. The number of fused-ring (bicyclic) bond motifs is 1. The van der Waals surface area contributed by atoms with Gasteiger partial charge < -0.3 is 53.3 Å². The molecule has 3 aliphatic rings. The van der Waals surface area contributed by atoms with Crippen LogP contribution in [0.5, 0.6) is 23.0 Å². The number of carbonyl (C=O) groups excluding carboxylic acids is 2. The number of nitrogens with zero attached hydrogens (tertiary/aromatic N) is 4. The smallest absolute Gasteiger partial charge is 0.490 e. The van der Waals surface area contributed by atoms with E-state index in [2.05, 4.69) is 9.80 Å². The Labute approximate surface area is 386 Å². The number of benzene rings is 5. The minimum atomic E-state index is -1.08. The molecule has 354 valence electrons. The number of piperidine rings is 1. The molecule has 0 radical (unpaired) electrons. The number of hydrogen-bond donors (Lipinski definition) is 4. The number of aliphatic hydroxyl groups is 2. The highest BCUT2D eigenvalue weighted by molar-refractivity contribution is 5.71. The molecule has 5 aromatic rings. The maximum Gasteiger partial charge on any atom is 0.514 e. The molecule has 0 saturated carbocycles. The SMILES string of the molecule is O=C(Oc1cccc(CON(O)O)c1)OC1CN(C(=O)Oc2cccc(CO)c2)CC(OCc2ccc3c(c2)N(CCCO)CCO3)C1c1ccc(OC2CCN(c3cccc(F)c3)C2)cc1. The van der Waals surface area contributed by atoms with Crippen molar-refractivity contribution in [3.05, 3.63) is 143 Å². The Bertz CT molecular complexity index is 2440. The monoisotopic (exact) mass is 924 g/mol. The second-order valence-corrected chi connectivity index (χ2v) is 16.4. The Morgan fingerprint density at radius 3 is 2.28 bits per heavy atom. The Morgan fingerprint density at radius 2 is 1.51 bits per heavy atom. The van der Waals surface area contributed by atoms with Gasteiger partial charge in [0.2, 0.25) is 0 Å². The minimum absolute atomic E-state index is 0.0276. The Morgan fingerprint density at radius 1 is 0.761 bits per heavy atom. The number of hydrogen-bond acceptors (Lipinski definition) is 16. The lowest BCUT2D eigenvalue weighted by Crippen LogP contribution is -2.55. The molecule has 1 amide bonds. The predicted octanol–water partition coefficient (Wildman–Crippen LogP) is 6.84. The second-order valence-electron chi connectivity index (χ2n) is 16.4. The highest BCUT2D eigenvalue weighted by Gasteiger charge is 2.44. The van der Waals surface area contributed by atoms with Gasteiger partial charge in [0.1, 0.15) is 47.6 Å². The molecule has 0 spiro atoms. The molecule has 2 saturated heterocycles. The lowest BCUT2D eigenvalue weighted by Gasteiger charge is -2.42. The third-order valence-electron chi connectivity index (χ3n) is 11.8. The molecule has 4 unspecified atom stereocenters. The van der Waals surface area contributed by atoms with E-state index >= 15 is 0 Å².